The van der Waals surface area contributed by atoms with Gasteiger partial charge in [-0.05, 0) is 82.1 Å². The van der Waals surface area contributed by atoms with Crippen LogP contribution in [0.3, 0.4) is 0 Å². The van der Waals surface area contributed by atoms with Crippen molar-refractivity contribution in [2.75, 3.05) is 4.90 Å². The van der Waals surface area contributed by atoms with Gasteiger partial charge in [-0.2, -0.15) is 0 Å². The van der Waals surface area contributed by atoms with E-state index < -0.39 is 5.97 Å². The van der Waals surface area contributed by atoms with Crippen molar-refractivity contribution in [3.8, 4) is 11.1 Å². The van der Waals surface area contributed by atoms with Crippen LogP contribution in [-0.4, -0.2) is 39.2 Å². The summed E-state index contributed by atoms with van der Waals surface area (Å²) in [6.45, 7) is 4.19. The SMILES string of the molecule is Cc1cccc(F)c1-c1c[nH]c(C2CC2)c1COC1CC2CCC(C1)N2c1ccc(C(=O)O)c(C)n1. The summed E-state index contributed by atoms with van der Waals surface area (Å²) in [5, 5.41) is 9.34. The number of ether oxygens (including phenoxy) is 1. The summed E-state index contributed by atoms with van der Waals surface area (Å²) in [4.78, 5) is 21.8. The summed E-state index contributed by atoms with van der Waals surface area (Å²) in [6, 6.07) is 9.42. The highest BCUT2D eigenvalue weighted by molar-refractivity contribution is 5.89. The number of hydrogen-bond donors (Lipinski definition) is 2. The van der Waals surface area contributed by atoms with Gasteiger partial charge in [-0.1, -0.05) is 12.1 Å². The Hall–Kier alpha value is -3.19. The van der Waals surface area contributed by atoms with E-state index in [-0.39, 0.29) is 17.5 Å². The fourth-order valence-electron chi connectivity index (χ4n) is 6.31. The summed E-state index contributed by atoms with van der Waals surface area (Å²) < 4.78 is 21.4. The predicted octanol–water partition coefficient (Wildman–Crippen LogP) is 6.12. The zero-order chi connectivity index (χ0) is 25.0. The maximum Gasteiger partial charge on any atom is 0.337 e. The molecule has 6 nitrogen and oxygen atoms in total. The minimum Gasteiger partial charge on any atom is -0.478 e. The molecule has 6 rings (SSSR count). The second-order valence-electron chi connectivity index (χ2n) is 10.6. The van der Waals surface area contributed by atoms with E-state index in [0.717, 1.165) is 48.2 Å². The van der Waals surface area contributed by atoms with E-state index in [9.17, 15) is 14.3 Å². The fourth-order valence-corrected chi connectivity index (χ4v) is 6.31. The number of piperidine rings is 1. The number of pyridine rings is 1. The number of nitrogens with zero attached hydrogens (tertiary/aromatic N) is 2. The summed E-state index contributed by atoms with van der Waals surface area (Å²) in [6.07, 6.45) is 8.42. The second kappa shape index (κ2) is 9.04. The summed E-state index contributed by atoms with van der Waals surface area (Å²) >= 11 is 0. The quantitative estimate of drug-likeness (QED) is 0.418. The van der Waals surface area contributed by atoms with Crippen molar-refractivity contribution in [2.24, 2.45) is 0 Å². The highest BCUT2D eigenvalue weighted by atomic mass is 19.1. The Morgan fingerprint density at radius 1 is 1.14 bits per heavy atom. The van der Waals surface area contributed by atoms with Gasteiger partial charge < -0.3 is 19.7 Å². The molecule has 2 aliphatic heterocycles. The largest absolute Gasteiger partial charge is 0.478 e. The number of nitrogens with one attached hydrogen (secondary N) is 1. The van der Waals surface area contributed by atoms with Crippen LogP contribution in [0.15, 0.2) is 36.5 Å². The molecule has 2 saturated heterocycles. The van der Waals surface area contributed by atoms with Crippen molar-refractivity contribution < 1.29 is 19.0 Å². The van der Waals surface area contributed by atoms with Crippen molar-refractivity contribution >= 4 is 11.8 Å². The average Bonchev–Trinajstić information content (AvgIpc) is 3.55. The normalized spacial score (nSPS) is 23.3. The van der Waals surface area contributed by atoms with Crippen LogP contribution in [0.4, 0.5) is 10.2 Å². The number of halogens is 1. The van der Waals surface area contributed by atoms with Crippen molar-refractivity contribution in [1.82, 2.24) is 9.97 Å². The summed E-state index contributed by atoms with van der Waals surface area (Å²) in [5.41, 5.74) is 5.62. The summed E-state index contributed by atoms with van der Waals surface area (Å²) in [7, 11) is 0. The molecule has 3 aromatic rings. The van der Waals surface area contributed by atoms with Gasteiger partial charge in [0.1, 0.15) is 11.6 Å². The molecule has 2 atom stereocenters. The molecule has 1 aromatic carbocycles. The number of aromatic nitrogens is 2. The number of anilines is 1. The van der Waals surface area contributed by atoms with Crippen LogP contribution >= 0.6 is 0 Å². The van der Waals surface area contributed by atoms with E-state index in [2.05, 4.69) is 14.9 Å². The third-order valence-electron chi connectivity index (χ3n) is 8.22. The molecule has 1 saturated carbocycles. The number of hydrogen-bond acceptors (Lipinski definition) is 4. The Morgan fingerprint density at radius 2 is 1.89 bits per heavy atom. The maximum atomic E-state index is 14.9. The number of aromatic carboxylic acids is 1. The van der Waals surface area contributed by atoms with E-state index >= 15 is 0 Å². The lowest BCUT2D eigenvalue weighted by Gasteiger charge is -2.40. The van der Waals surface area contributed by atoms with Gasteiger partial charge in [-0.3, -0.25) is 0 Å². The topological polar surface area (TPSA) is 78.5 Å². The molecule has 1 aliphatic carbocycles. The molecule has 188 valence electrons. The van der Waals surface area contributed by atoms with Crippen LogP contribution in [0.25, 0.3) is 11.1 Å². The van der Waals surface area contributed by atoms with Crippen LogP contribution in [0.2, 0.25) is 0 Å². The number of H-pyrrole nitrogens is 1. The van der Waals surface area contributed by atoms with Crippen LogP contribution in [0.5, 0.6) is 0 Å². The molecule has 0 spiro atoms. The van der Waals surface area contributed by atoms with E-state index in [1.807, 2.05) is 25.3 Å². The van der Waals surface area contributed by atoms with Gasteiger partial charge in [0, 0.05) is 40.7 Å². The van der Waals surface area contributed by atoms with Crippen LogP contribution in [-0.2, 0) is 11.3 Å². The van der Waals surface area contributed by atoms with Crippen molar-refractivity contribution in [1.29, 1.82) is 0 Å². The molecule has 2 aromatic heterocycles. The summed E-state index contributed by atoms with van der Waals surface area (Å²) in [5.74, 6) is 0.246. The van der Waals surface area contributed by atoms with Gasteiger partial charge in [0.25, 0.3) is 0 Å². The first-order valence-corrected chi connectivity index (χ1v) is 13.0. The number of rotatable bonds is 7. The molecule has 7 heteroatoms. The third kappa shape index (κ3) is 4.09. The van der Waals surface area contributed by atoms with E-state index in [0.29, 0.717) is 35.9 Å². The van der Waals surface area contributed by atoms with E-state index in [4.69, 9.17) is 4.74 Å². The molecule has 36 heavy (non-hydrogen) atoms. The number of fused-ring (bicyclic) bond motifs is 2. The maximum absolute atomic E-state index is 14.9. The van der Waals surface area contributed by atoms with Gasteiger partial charge in [0.15, 0.2) is 0 Å². The Bertz CT molecular complexity index is 1280. The van der Waals surface area contributed by atoms with Gasteiger partial charge in [0.05, 0.1) is 24.0 Å². The van der Waals surface area contributed by atoms with Crippen LogP contribution in [0.1, 0.15) is 77.3 Å². The third-order valence-corrected chi connectivity index (χ3v) is 8.22. The molecule has 0 amide bonds. The number of benzene rings is 1. The van der Waals surface area contributed by atoms with Gasteiger partial charge in [-0.15, -0.1) is 0 Å². The Morgan fingerprint density at radius 3 is 2.53 bits per heavy atom. The lowest BCUT2D eigenvalue weighted by Crippen LogP contribution is -2.46. The predicted molar refractivity (Wildman–Crippen MR) is 136 cm³/mol. The molecule has 3 aliphatic rings. The molecule has 4 heterocycles. The Labute approximate surface area is 210 Å². The van der Waals surface area contributed by atoms with E-state index in [1.54, 1.807) is 19.1 Å². The molecular weight excluding hydrogens is 457 g/mol. The standard InChI is InChI=1S/C29H32FN3O3/c1-16-4-3-5-25(30)27(16)23-14-31-28(18-6-7-18)24(23)15-36-21-12-19-8-9-20(13-21)33(19)26-11-10-22(29(34)35)17(2)32-26/h3-5,10-11,14,18-21,31H,6-9,12-13,15H2,1-2H3,(H,34,35). The highest BCUT2D eigenvalue weighted by Crippen LogP contribution is 2.45. The van der Waals surface area contributed by atoms with E-state index in [1.165, 1.54) is 24.6 Å². The lowest BCUT2D eigenvalue weighted by molar-refractivity contribution is 0.0149. The average molecular weight is 490 g/mol. The van der Waals surface area contributed by atoms with Crippen LogP contribution in [0, 0.1) is 19.7 Å². The minimum absolute atomic E-state index is 0.134. The van der Waals surface area contributed by atoms with Crippen molar-refractivity contribution in [3.63, 3.8) is 0 Å². The van der Waals surface area contributed by atoms with Gasteiger partial charge in [-0.25, -0.2) is 14.2 Å². The Balaban J connectivity index is 1.20. The highest BCUT2D eigenvalue weighted by Gasteiger charge is 2.42. The first-order valence-electron chi connectivity index (χ1n) is 13.0. The van der Waals surface area contributed by atoms with Gasteiger partial charge in [0.2, 0.25) is 0 Å². The molecule has 0 radical (unpaired) electrons. The molecule has 2 bridgehead atoms. The zero-order valence-corrected chi connectivity index (χ0v) is 20.8. The number of carboxylic acids is 1. The first kappa shape index (κ1) is 23.2. The molecule has 3 fully saturated rings. The number of aromatic amines is 1. The lowest BCUT2D eigenvalue weighted by atomic mass is 9.96. The zero-order valence-electron chi connectivity index (χ0n) is 20.8. The van der Waals surface area contributed by atoms with Crippen molar-refractivity contribution in [3.05, 3.63) is 70.4 Å². The smallest absolute Gasteiger partial charge is 0.337 e. The van der Waals surface area contributed by atoms with Gasteiger partial charge >= 0.3 is 5.97 Å². The monoisotopic (exact) mass is 489 g/mol. The fraction of sp³-hybridized carbons (Fsp3) is 0.448. The minimum atomic E-state index is -0.943. The van der Waals surface area contributed by atoms with Crippen LogP contribution < -0.4 is 4.90 Å². The second-order valence-corrected chi connectivity index (χ2v) is 10.6. The molecule has 2 unspecified atom stereocenters. The number of aryl methyl sites for hydroxylation is 2. The number of carbonyl (C=O) groups is 1. The first-order chi connectivity index (χ1) is 17.4. The Kier molecular flexibility index (Phi) is 5.83. The molecular formula is C29H32FN3O3. The number of carboxylic acid groups (broad SMARTS) is 1. The molecule has 2 N–H and O–H groups in total. The van der Waals surface area contributed by atoms with Crippen molar-refractivity contribution in [2.45, 2.75) is 83.1 Å².